The predicted octanol–water partition coefficient (Wildman–Crippen LogP) is 2.84. The van der Waals surface area contributed by atoms with E-state index in [0.29, 0.717) is 0 Å². The monoisotopic (exact) mass is 326 g/mol. The van der Waals surface area contributed by atoms with Crippen molar-refractivity contribution in [1.82, 2.24) is 4.98 Å². The zero-order valence-corrected chi connectivity index (χ0v) is 12.4. The molecule has 0 fully saturated rings. The fourth-order valence-corrected chi connectivity index (χ4v) is 2.19. The van der Waals surface area contributed by atoms with Gasteiger partial charge >= 0.3 is 5.97 Å². The maximum Gasteiger partial charge on any atom is 0.358 e. The molecule has 0 radical (unpaired) electrons. The van der Waals surface area contributed by atoms with Crippen LogP contribution in [0.3, 0.4) is 0 Å². The number of pyridine rings is 1. The zero-order valence-electron chi connectivity index (χ0n) is 11.7. The van der Waals surface area contributed by atoms with Gasteiger partial charge in [-0.15, -0.1) is 0 Å². The van der Waals surface area contributed by atoms with Crippen LogP contribution in [-0.2, 0) is 0 Å². The molecule has 0 amide bonds. The number of aromatic nitrogens is 1. The van der Waals surface area contributed by atoms with E-state index in [-0.39, 0.29) is 33.5 Å². The van der Waals surface area contributed by atoms with Crippen LogP contribution in [0, 0.1) is 5.82 Å². The van der Waals surface area contributed by atoms with E-state index in [2.05, 4.69) is 4.98 Å². The summed E-state index contributed by atoms with van der Waals surface area (Å²) in [5.41, 5.74) is 5.41. The van der Waals surface area contributed by atoms with Gasteiger partial charge in [0.1, 0.15) is 0 Å². The number of halogens is 2. The summed E-state index contributed by atoms with van der Waals surface area (Å²) < 4.78 is 24.2. The molecule has 2 aromatic rings. The van der Waals surface area contributed by atoms with E-state index in [1.165, 1.54) is 32.4 Å². The highest BCUT2D eigenvalue weighted by atomic mass is 35.5. The van der Waals surface area contributed by atoms with Crippen molar-refractivity contribution in [1.29, 1.82) is 0 Å². The average molecular weight is 327 g/mol. The zero-order chi connectivity index (χ0) is 16.4. The molecular weight excluding hydrogens is 315 g/mol. The quantitative estimate of drug-likeness (QED) is 0.897. The number of ether oxygens (including phenoxy) is 2. The summed E-state index contributed by atoms with van der Waals surface area (Å²) in [6.45, 7) is 0. The highest BCUT2D eigenvalue weighted by Gasteiger charge is 2.21. The van der Waals surface area contributed by atoms with Gasteiger partial charge in [-0.3, -0.25) is 0 Å². The third-order valence-electron chi connectivity index (χ3n) is 2.94. The van der Waals surface area contributed by atoms with Crippen molar-refractivity contribution in [3.05, 3.63) is 34.7 Å². The number of rotatable bonds is 4. The van der Waals surface area contributed by atoms with Crippen molar-refractivity contribution in [2.45, 2.75) is 0 Å². The van der Waals surface area contributed by atoms with E-state index in [1.54, 1.807) is 0 Å². The Morgan fingerprint density at radius 2 is 1.95 bits per heavy atom. The summed E-state index contributed by atoms with van der Waals surface area (Å²) in [6, 6.07) is 4.10. The maximum absolute atomic E-state index is 14.4. The van der Waals surface area contributed by atoms with E-state index in [0.717, 1.165) is 0 Å². The van der Waals surface area contributed by atoms with E-state index in [1.807, 2.05) is 0 Å². The molecule has 0 saturated heterocycles. The third-order valence-corrected chi connectivity index (χ3v) is 3.24. The topological polar surface area (TPSA) is 94.7 Å². The molecule has 22 heavy (non-hydrogen) atoms. The smallest absolute Gasteiger partial charge is 0.358 e. The predicted molar refractivity (Wildman–Crippen MR) is 79.1 cm³/mol. The summed E-state index contributed by atoms with van der Waals surface area (Å²) in [5.74, 6) is -2.35. The van der Waals surface area contributed by atoms with E-state index in [4.69, 9.17) is 31.9 Å². The Morgan fingerprint density at radius 1 is 1.32 bits per heavy atom. The van der Waals surface area contributed by atoms with Crippen LogP contribution in [0.1, 0.15) is 10.5 Å². The number of nitrogen functional groups attached to an aromatic ring is 1. The molecule has 1 aromatic heterocycles. The highest BCUT2D eigenvalue weighted by molar-refractivity contribution is 6.32. The van der Waals surface area contributed by atoms with Gasteiger partial charge in [0.2, 0.25) is 0 Å². The third kappa shape index (κ3) is 2.62. The molecule has 2 rings (SSSR count). The van der Waals surface area contributed by atoms with Crippen LogP contribution >= 0.6 is 11.6 Å². The molecule has 0 aliphatic heterocycles. The second-order valence-corrected chi connectivity index (χ2v) is 4.63. The normalized spacial score (nSPS) is 10.4. The Labute approximate surface area is 130 Å². The number of benzene rings is 1. The Balaban J connectivity index is 2.71. The Hall–Kier alpha value is -2.54. The minimum atomic E-state index is -1.34. The maximum atomic E-state index is 14.4. The number of methoxy groups -OCH3 is 2. The van der Waals surface area contributed by atoms with E-state index < -0.39 is 17.5 Å². The molecule has 116 valence electrons. The number of carboxylic acid groups (broad SMARTS) is 1. The summed E-state index contributed by atoms with van der Waals surface area (Å²) >= 11 is 5.83. The van der Waals surface area contributed by atoms with E-state index in [9.17, 15) is 9.18 Å². The number of carboxylic acids is 1. The van der Waals surface area contributed by atoms with Crippen LogP contribution in [0.2, 0.25) is 5.02 Å². The lowest BCUT2D eigenvalue weighted by Crippen LogP contribution is -2.08. The van der Waals surface area contributed by atoms with Crippen molar-refractivity contribution < 1.29 is 23.8 Å². The summed E-state index contributed by atoms with van der Waals surface area (Å²) in [6.07, 6.45) is 0. The van der Waals surface area contributed by atoms with Gasteiger partial charge in [0, 0.05) is 5.56 Å². The SMILES string of the molecule is COc1c(N)cc(-c2ccc(Cl)c(OC)c2F)nc1C(=O)O. The molecule has 0 aliphatic carbocycles. The lowest BCUT2D eigenvalue weighted by Gasteiger charge is -2.12. The molecule has 6 nitrogen and oxygen atoms in total. The fourth-order valence-electron chi connectivity index (χ4n) is 1.97. The van der Waals surface area contributed by atoms with Crippen molar-refractivity contribution in [3.8, 4) is 22.8 Å². The molecule has 1 heterocycles. The van der Waals surface area contributed by atoms with Crippen molar-refractivity contribution in [2.75, 3.05) is 20.0 Å². The van der Waals surface area contributed by atoms with Gasteiger partial charge in [0.05, 0.1) is 30.6 Å². The lowest BCUT2D eigenvalue weighted by molar-refractivity contribution is 0.0687. The molecule has 0 unspecified atom stereocenters. The lowest BCUT2D eigenvalue weighted by atomic mass is 10.1. The number of aromatic carboxylic acids is 1. The molecule has 0 aliphatic rings. The largest absolute Gasteiger partial charge is 0.492 e. The summed E-state index contributed by atoms with van der Waals surface area (Å²) in [7, 11) is 2.54. The standard InChI is InChI=1S/C14H12ClFN2O4/c1-21-12-7(15)4-3-6(10(12)16)9-5-8(17)13(22-2)11(18-9)14(19)20/h3-5H,1-2H3,(H2,17,18)(H,19,20). The number of hydrogen-bond donors (Lipinski definition) is 2. The second-order valence-electron chi connectivity index (χ2n) is 4.23. The van der Waals surface area contributed by atoms with Crippen LogP contribution < -0.4 is 15.2 Å². The number of hydrogen-bond acceptors (Lipinski definition) is 5. The second kappa shape index (κ2) is 6.07. The summed E-state index contributed by atoms with van der Waals surface area (Å²) in [4.78, 5) is 15.1. The van der Waals surface area contributed by atoms with Crippen molar-refractivity contribution >= 4 is 23.3 Å². The number of anilines is 1. The Kier molecular flexibility index (Phi) is 4.37. The molecule has 8 heteroatoms. The van der Waals surface area contributed by atoms with Crippen LogP contribution in [0.4, 0.5) is 10.1 Å². The van der Waals surface area contributed by atoms with Crippen molar-refractivity contribution in [2.24, 2.45) is 0 Å². The van der Waals surface area contributed by atoms with Crippen LogP contribution in [0.5, 0.6) is 11.5 Å². The van der Waals surface area contributed by atoms with E-state index >= 15 is 0 Å². The van der Waals surface area contributed by atoms with Gasteiger partial charge in [0.25, 0.3) is 0 Å². The molecule has 3 N–H and O–H groups in total. The first kappa shape index (κ1) is 15.8. The molecule has 0 spiro atoms. The Bertz CT molecular complexity index is 752. The average Bonchev–Trinajstić information content (AvgIpc) is 2.46. The minimum absolute atomic E-state index is 0.0121. The van der Waals surface area contributed by atoms with Gasteiger partial charge in [-0.1, -0.05) is 11.6 Å². The fraction of sp³-hybridized carbons (Fsp3) is 0.143. The number of carbonyl (C=O) groups is 1. The first-order chi connectivity index (χ1) is 10.4. The molecule has 0 bridgehead atoms. The van der Waals surface area contributed by atoms with Crippen LogP contribution in [0.15, 0.2) is 18.2 Å². The van der Waals surface area contributed by atoms with Gasteiger partial charge < -0.3 is 20.3 Å². The molecule has 0 atom stereocenters. The first-order valence-corrected chi connectivity index (χ1v) is 6.38. The highest BCUT2D eigenvalue weighted by Crippen LogP contribution is 2.36. The Morgan fingerprint density at radius 3 is 2.50 bits per heavy atom. The first-order valence-electron chi connectivity index (χ1n) is 6.00. The van der Waals surface area contributed by atoms with Gasteiger partial charge in [-0.25, -0.2) is 14.2 Å². The molecule has 1 aromatic carbocycles. The molecule has 0 saturated carbocycles. The van der Waals surface area contributed by atoms with Crippen LogP contribution in [0.25, 0.3) is 11.3 Å². The van der Waals surface area contributed by atoms with Gasteiger partial charge in [0.15, 0.2) is 23.0 Å². The number of nitrogens with two attached hydrogens (primary N) is 1. The molecular formula is C14H12ClFN2O4. The minimum Gasteiger partial charge on any atom is -0.492 e. The van der Waals surface area contributed by atoms with Gasteiger partial charge in [-0.2, -0.15) is 0 Å². The van der Waals surface area contributed by atoms with Crippen LogP contribution in [-0.4, -0.2) is 30.3 Å². The van der Waals surface area contributed by atoms with Gasteiger partial charge in [-0.05, 0) is 18.2 Å². The summed E-state index contributed by atoms with van der Waals surface area (Å²) in [5, 5.41) is 9.26. The van der Waals surface area contributed by atoms with Crippen molar-refractivity contribution in [3.63, 3.8) is 0 Å². The number of nitrogens with zero attached hydrogens (tertiary/aromatic N) is 1.